The number of benzene rings is 1. The monoisotopic (exact) mass is 352 g/mol. The van der Waals surface area contributed by atoms with Gasteiger partial charge in [-0.1, -0.05) is 18.2 Å². The zero-order valence-electron chi connectivity index (χ0n) is 15.1. The lowest BCUT2D eigenvalue weighted by Gasteiger charge is -2.46. The number of para-hydroxylation sites is 1. The molecule has 2 amide bonds. The highest BCUT2D eigenvalue weighted by Gasteiger charge is 2.46. The summed E-state index contributed by atoms with van der Waals surface area (Å²) in [6.45, 7) is 2.03. The second-order valence-corrected chi connectivity index (χ2v) is 7.37. The number of piperidine rings is 2. The molecule has 0 bridgehead atoms. The van der Waals surface area contributed by atoms with Crippen LogP contribution in [0, 0.1) is 5.41 Å². The quantitative estimate of drug-likeness (QED) is 0.834. The van der Waals surface area contributed by atoms with Crippen LogP contribution in [0.5, 0.6) is 0 Å². The summed E-state index contributed by atoms with van der Waals surface area (Å²) < 4.78 is 1.64. The normalized spacial score (nSPS) is 19.8. The average molecular weight is 352 g/mol. The number of likely N-dealkylation sites (tertiary alicyclic amines) is 1. The van der Waals surface area contributed by atoms with Crippen LogP contribution in [0.25, 0.3) is 0 Å². The van der Waals surface area contributed by atoms with Crippen molar-refractivity contribution < 1.29 is 9.59 Å². The number of amides is 2. The number of aryl methyl sites for hydroxylation is 1. The Labute approximate surface area is 153 Å². The smallest absolute Gasteiger partial charge is 0.257 e. The van der Waals surface area contributed by atoms with E-state index in [4.69, 9.17) is 0 Å². The van der Waals surface area contributed by atoms with Gasteiger partial charge in [0.15, 0.2) is 0 Å². The molecule has 0 aliphatic carbocycles. The molecule has 2 fully saturated rings. The van der Waals surface area contributed by atoms with Gasteiger partial charge in [-0.05, 0) is 37.8 Å². The summed E-state index contributed by atoms with van der Waals surface area (Å²) in [6.07, 6.45) is 6.76. The highest BCUT2D eigenvalue weighted by molar-refractivity contribution is 5.99. The minimum Gasteiger partial charge on any atom is -0.338 e. The number of hydrogen-bond donors (Lipinski definition) is 0. The average Bonchev–Trinajstić information content (AvgIpc) is 3.11. The van der Waals surface area contributed by atoms with Crippen molar-refractivity contribution in [2.75, 3.05) is 24.5 Å². The molecule has 6 heteroatoms. The summed E-state index contributed by atoms with van der Waals surface area (Å²) in [7, 11) is 1.81. The minimum absolute atomic E-state index is 0.0103. The fraction of sp³-hybridized carbons (Fsp3) is 0.450. The number of aromatic nitrogens is 2. The van der Waals surface area contributed by atoms with Gasteiger partial charge in [-0.3, -0.25) is 14.3 Å². The van der Waals surface area contributed by atoms with Crippen LogP contribution >= 0.6 is 0 Å². The summed E-state index contributed by atoms with van der Waals surface area (Å²) in [5.74, 6) is 0.236. The van der Waals surface area contributed by atoms with E-state index in [2.05, 4.69) is 5.10 Å². The van der Waals surface area contributed by atoms with Crippen molar-refractivity contribution >= 4 is 17.5 Å². The number of carbonyl (C=O) groups excluding carboxylic acids is 2. The van der Waals surface area contributed by atoms with Crippen LogP contribution in [0.15, 0.2) is 42.7 Å². The van der Waals surface area contributed by atoms with Gasteiger partial charge in [0.25, 0.3) is 5.91 Å². The molecule has 0 saturated carbocycles. The molecule has 2 aliphatic rings. The summed E-state index contributed by atoms with van der Waals surface area (Å²) in [5, 5.41) is 4.08. The molecule has 136 valence electrons. The molecule has 0 atom stereocenters. The molecule has 4 rings (SSSR count). The van der Waals surface area contributed by atoms with Gasteiger partial charge in [0.1, 0.15) is 0 Å². The van der Waals surface area contributed by atoms with Gasteiger partial charge in [0.05, 0.1) is 17.2 Å². The first-order valence-electron chi connectivity index (χ1n) is 9.24. The molecule has 1 spiro atoms. The highest BCUT2D eigenvalue weighted by Crippen LogP contribution is 2.42. The van der Waals surface area contributed by atoms with Gasteiger partial charge < -0.3 is 9.80 Å². The van der Waals surface area contributed by atoms with E-state index >= 15 is 0 Å². The van der Waals surface area contributed by atoms with Crippen LogP contribution in [0.1, 0.15) is 36.0 Å². The van der Waals surface area contributed by atoms with Crippen molar-refractivity contribution in [3.8, 4) is 0 Å². The Morgan fingerprint density at radius 3 is 2.46 bits per heavy atom. The van der Waals surface area contributed by atoms with Crippen molar-refractivity contribution in [3.63, 3.8) is 0 Å². The Kier molecular flexibility index (Phi) is 4.26. The predicted octanol–water partition coefficient (Wildman–Crippen LogP) is 2.47. The molecule has 2 aliphatic heterocycles. The van der Waals surface area contributed by atoms with E-state index in [1.54, 1.807) is 24.1 Å². The number of anilines is 1. The molecular formula is C20H24N4O2. The first-order chi connectivity index (χ1) is 12.6. The maximum Gasteiger partial charge on any atom is 0.257 e. The lowest BCUT2D eigenvalue weighted by Crippen LogP contribution is -2.54. The first kappa shape index (κ1) is 16.8. The van der Waals surface area contributed by atoms with Gasteiger partial charge in [0.2, 0.25) is 5.91 Å². The number of carbonyl (C=O) groups is 2. The van der Waals surface area contributed by atoms with Crippen molar-refractivity contribution in [1.82, 2.24) is 14.7 Å². The first-order valence-corrected chi connectivity index (χ1v) is 9.24. The van der Waals surface area contributed by atoms with E-state index in [0.717, 1.165) is 37.9 Å². The standard InChI is InChI=1S/C20H24N4O2/c1-22-15-16(14-21-22)18(25)23-12-9-20(10-13-23)8-5-11-24(19(20)26)17-6-3-2-4-7-17/h2-4,6-7,14-15H,5,8-13H2,1H3. The fourth-order valence-corrected chi connectivity index (χ4v) is 4.24. The Hall–Kier alpha value is -2.63. The van der Waals surface area contributed by atoms with Gasteiger partial charge in [-0.15, -0.1) is 0 Å². The molecule has 2 aromatic rings. The lowest BCUT2D eigenvalue weighted by atomic mass is 9.71. The highest BCUT2D eigenvalue weighted by atomic mass is 16.2. The van der Waals surface area contributed by atoms with E-state index < -0.39 is 0 Å². The minimum atomic E-state index is -0.320. The number of hydrogen-bond acceptors (Lipinski definition) is 3. The molecule has 26 heavy (non-hydrogen) atoms. The largest absolute Gasteiger partial charge is 0.338 e. The van der Waals surface area contributed by atoms with Gasteiger partial charge >= 0.3 is 0 Å². The van der Waals surface area contributed by atoms with E-state index in [1.165, 1.54) is 0 Å². The predicted molar refractivity (Wildman–Crippen MR) is 98.8 cm³/mol. The van der Waals surface area contributed by atoms with Crippen LogP contribution in [-0.2, 0) is 11.8 Å². The zero-order chi connectivity index (χ0) is 18.1. The molecule has 6 nitrogen and oxygen atoms in total. The summed E-state index contributed by atoms with van der Waals surface area (Å²) in [6, 6.07) is 9.91. The summed E-state index contributed by atoms with van der Waals surface area (Å²) in [4.78, 5) is 29.7. The molecule has 0 radical (unpaired) electrons. The van der Waals surface area contributed by atoms with Crippen LogP contribution in [-0.4, -0.2) is 46.1 Å². The SMILES string of the molecule is Cn1cc(C(=O)N2CCC3(CCCN(c4ccccc4)C3=O)CC2)cn1. The summed E-state index contributed by atoms with van der Waals surface area (Å²) in [5.41, 5.74) is 1.27. The van der Waals surface area contributed by atoms with Crippen LogP contribution in [0.3, 0.4) is 0 Å². The Morgan fingerprint density at radius 2 is 1.81 bits per heavy atom. The van der Waals surface area contributed by atoms with E-state index in [-0.39, 0.29) is 17.2 Å². The van der Waals surface area contributed by atoms with Crippen molar-refractivity contribution in [1.29, 1.82) is 0 Å². The Morgan fingerprint density at radius 1 is 1.08 bits per heavy atom. The van der Waals surface area contributed by atoms with Crippen LogP contribution in [0.4, 0.5) is 5.69 Å². The maximum atomic E-state index is 13.3. The Bertz CT molecular complexity index is 806. The van der Waals surface area contributed by atoms with Crippen LogP contribution < -0.4 is 4.90 Å². The van der Waals surface area contributed by atoms with Gasteiger partial charge in [-0.25, -0.2) is 0 Å². The maximum absolute atomic E-state index is 13.3. The number of nitrogens with zero attached hydrogens (tertiary/aromatic N) is 4. The molecule has 0 N–H and O–H groups in total. The van der Waals surface area contributed by atoms with Crippen molar-refractivity contribution in [2.24, 2.45) is 12.5 Å². The third kappa shape index (κ3) is 2.89. The van der Waals surface area contributed by atoms with E-state index in [9.17, 15) is 9.59 Å². The molecule has 1 aromatic heterocycles. The van der Waals surface area contributed by atoms with E-state index in [1.807, 2.05) is 40.1 Å². The molecule has 0 unspecified atom stereocenters. The van der Waals surface area contributed by atoms with E-state index in [0.29, 0.717) is 18.7 Å². The fourth-order valence-electron chi connectivity index (χ4n) is 4.24. The molecule has 1 aromatic carbocycles. The lowest BCUT2D eigenvalue weighted by molar-refractivity contribution is -0.133. The molecule has 3 heterocycles. The number of rotatable bonds is 2. The third-order valence-electron chi connectivity index (χ3n) is 5.76. The molecule has 2 saturated heterocycles. The summed E-state index contributed by atoms with van der Waals surface area (Å²) >= 11 is 0. The Balaban J connectivity index is 1.47. The van der Waals surface area contributed by atoms with Crippen molar-refractivity contribution in [2.45, 2.75) is 25.7 Å². The zero-order valence-corrected chi connectivity index (χ0v) is 15.1. The second-order valence-electron chi connectivity index (χ2n) is 7.37. The van der Waals surface area contributed by atoms with Gasteiger partial charge in [-0.2, -0.15) is 5.10 Å². The van der Waals surface area contributed by atoms with Crippen LogP contribution in [0.2, 0.25) is 0 Å². The molecular weight excluding hydrogens is 328 g/mol. The van der Waals surface area contributed by atoms with Crippen molar-refractivity contribution in [3.05, 3.63) is 48.3 Å². The second kappa shape index (κ2) is 6.59. The topological polar surface area (TPSA) is 58.4 Å². The van der Waals surface area contributed by atoms with Gasteiger partial charge in [0, 0.05) is 38.6 Å². The third-order valence-corrected chi connectivity index (χ3v) is 5.76.